The quantitative estimate of drug-likeness (QED) is 0.369. The number of carbonyl (C=O) groups excluding carboxylic acids is 1. The molecule has 0 saturated carbocycles. The Morgan fingerprint density at radius 2 is 1.59 bits per heavy atom. The number of amides is 1. The molecule has 32 heavy (non-hydrogen) atoms. The molecule has 0 fully saturated rings. The first-order valence-electron chi connectivity index (χ1n) is 10.9. The topological polar surface area (TPSA) is 47.6 Å². The smallest absolute Gasteiger partial charge is 0.251 e. The molecule has 4 aromatic carbocycles. The fraction of sp³-hybridized carbons (Fsp3) is 0.179. The molecule has 0 aliphatic carbocycles. The Balaban J connectivity index is 1.43. The highest BCUT2D eigenvalue weighted by Crippen LogP contribution is 2.25. The average Bonchev–Trinajstić information content (AvgIpc) is 2.84. The van der Waals surface area contributed by atoms with Crippen molar-refractivity contribution in [1.82, 2.24) is 5.32 Å². The highest BCUT2D eigenvalue weighted by Gasteiger charge is 2.11. The molecule has 0 aromatic heterocycles. The van der Waals surface area contributed by atoms with Gasteiger partial charge in [0.1, 0.15) is 18.1 Å². The normalized spacial score (nSPS) is 10.7. The zero-order chi connectivity index (χ0) is 22.2. The van der Waals surface area contributed by atoms with Gasteiger partial charge in [0.25, 0.3) is 5.91 Å². The Labute approximate surface area is 188 Å². The highest BCUT2D eigenvalue weighted by molar-refractivity contribution is 5.94. The lowest BCUT2D eigenvalue weighted by molar-refractivity contribution is 0.0954. The van der Waals surface area contributed by atoms with Crippen LogP contribution in [0.5, 0.6) is 11.5 Å². The van der Waals surface area contributed by atoms with E-state index in [9.17, 15) is 4.79 Å². The van der Waals surface area contributed by atoms with Crippen LogP contribution in [0.3, 0.4) is 0 Å². The van der Waals surface area contributed by atoms with Crippen molar-refractivity contribution in [2.24, 2.45) is 0 Å². The summed E-state index contributed by atoms with van der Waals surface area (Å²) >= 11 is 0. The minimum atomic E-state index is -0.101. The van der Waals surface area contributed by atoms with E-state index in [1.165, 1.54) is 10.9 Å². The van der Waals surface area contributed by atoms with Crippen LogP contribution in [0.2, 0.25) is 0 Å². The fourth-order valence-electron chi connectivity index (χ4n) is 3.62. The number of fused-ring (bicyclic) bond motifs is 1. The van der Waals surface area contributed by atoms with Crippen molar-refractivity contribution in [3.63, 3.8) is 0 Å². The first-order valence-corrected chi connectivity index (χ1v) is 10.9. The van der Waals surface area contributed by atoms with Gasteiger partial charge < -0.3 is 14.8 Å². The van der Waals surface area contributed by atoms with Crippen LogP contribution in [0.1, 0.15) is 28.4 Å². The Morgan fingerprint density at radius 1 is 0.812 bits per heavy atom. The Morgan fingerprint density at radius 3 is 2.41 bits per heavy atom. The van der Waals surface area contributed by atoms with Crippen molar-refractivity contribution in [1.29, 1.82) is 0 Å². The van der Waals surface area contributed by atoms with Crippen LogP contribution in [-0.2, 0) is 13.0 Å². The first-order chi connectivity index (χ1) is 15.7. The van der Waals surface area contributed by atoms with Gasteiger partial charge in [0.05, 0.1) is 6.61 Å². The van der Waals surface area contributed by atoms with Gasteiger partial charge in [-0.15, -0.1) is 0 Å². The zero-order valence-electron chi connectivity index (χ0n) is 18.2. The number of ether oxygens (including phenoxy) is 2. The van der Waals surface area contributed by atoms with Gasteiger partial charge in [-0.25, -0.2) is 0 Å². The molecule has 4 heteroatoms. The van der Waals surface area contributed by atoms with Crippen molar-refractivity contribution in [2.45, 2.75) is 20.0 Å². The summed E-state index contributed by atoms with van der Waals surface area (Å²) in [7, 11) is 0. The second kappa shape index (κ2) is 10.5. The standard InChI is InChI=1S/C28H27NO3/c1-2-31-27-15-13-24(28(30)29-17-16-21-8-4-3-5-9-21)18-25(27)20-32-26-14-12-22-10-6-7-11-23(22)19-26/h3-15,18-19H,2,16-17,20H2,1H3,(H,29,30). The molecular weight excluding hydrogens is 398 g/mol. The van der Waals surface area contributed by atoms with E-state index in [1.54, 1.807) is 6.07 Å². The lowest BCUT2D eigenvalue weighted by Crippen LogP contribution is -2.25. The number of rotatable bonds is 9. The number of nitrogens with one attached hydrogen (secondary N) is 1. The molecule has 0 unspecified atom stereocenters. The van der Waals surface area contributed by atoms with E-state index in [4.69, 9.17) is 9.47 Å². The van der Waals surface area contributed by atoms with E-state index >= 15 is 0 Å². The molecule has 4 nitrogen and oxygen atoms in total. The minimum absolute atomic E-state index is 0.101. The van der Waals surface area contributed by atoms with Gasteiger partial charge in [-0.2, -0.15) is 0 Å². The van der Waals surface area contributed by atoms with Crippen LogP contribution >= 0.6 is 0 Å². The maximum absolute atomic E-state index is 12.7. The summed E-state index contributed by atoms with van der Waals surface area (Å²) in [6.07, 6.45) is 0.793. The molecule has 0 bridgehead atoms. The van der Waals surface area contributed by atoms with Gasteiger partial charge in [0.2, 0.25) is 0 Å². The Bertz CT molecular complexity index is 1190. The van der Waals surface area contributed by atoms with Crippen LogP contribution in [0, 0.1) is 0 Å². The predicted octanol–water partition coefficient (Wildman–Crippen LogP) is 5.79. The lowest BCUT2D eigenvalue weighted by atomic mass is 10.1. The summed E-state index contributed by atoms with van der Waals surface area (Å²) in [4.78, 5) is 12.7. The van der Waals surface area contributed by atoms with Gasteiger partial charge in [-0.1, -0.05) is 60.7 Å². The van der Waals surface area contributed by atoms with Crippen LogP contribution in [0.4, 0.5) is 0 Å². The number of carbonyl (C=O) groups is 1. The molecule has 0 aliphatic rings. The minimum Gasteiger partial charge on any atom is -0.493 e. The van der Waals surface area contributed by atoms with E-state index < -0.39 is 0 Å². The third-order valence-corrected chi connectivity index (χ3v) is 5.28. The lowest BCUT2D eigenvalue weighted by Gasteiger charge is -2.14. The number of benzene rings is 4. The van der Waals surface area contributed by atoms with Crippen molar-refractivity contribution in [2.75, 3.05) is 13.2 Å². The molecule has 0 atom stereocenters. The summed E-state index contributed by atoms with van der Waals surface area (Å²) in [6, 6.07) is 29.8. The molecule has 0 heterocycles. The monoisotopic (exact) mass is 425 g/mol. The summed E-state index contributed by atoms with van der Waals surface area (Å²) in [5.74, 6) is 1.41. The maximum Gasteiger partial charge on any atom is 0.251 e. The Kier molecular flexibility index (Phi) is 7.03. The van der Waals surface area contributed by atoms with E-state index in [2.05, 4.69) is 29.6 Å². The van der Waals surface area contributed by atoms with Gasteiger partial charge in [0, 0.05) is 17.7 Å². The summed E-state index contributed by atoms with van der Waals surface area (Å²) in [5.41, 5.74) is 2.64. The Hall–Kier alpha value is -3.79. The summed E-state index contributed by atoms with van der Waals surface area (Å²) in [6.45, 7) is 3.39. The molecule has 1 amide bonds. The van der Waals surface area contributed by atoms with Crippen molar-refractivity contribution >= 4 is 16.7 Å². The molecule has 0 saturated heterocycles. The highest BCUT2D eigenvalue weighted by atomic mass is 16.5. The molecular formula is C28H27NO3. The molecule has 1 N–H and O–H groups in total. The van der Waals surface area contributed by atoms with Crippen molar-refractivity contribution in [3.05, 3.63) is 108 Å². The molecule has 0 aliphatic heterocycles. The van der Waals surface area contributed by atoms with Gasteiger partial charge in [0.15, 0.2) is 0 Å². The largest absolute Gasteiger partial charge is 0.493 e. The maximum atomic E-state index is 12.7. The second-order valence-corrected chi connectivity index (χ2v) is 7.54. The molecule has 162 valence electrons. The molecule has 4 aromatic rings. The summed E-state index contributed by atoms with van der Waals surface area (Å²) in [5, 5.41) is 5.30. The van der Waals surface area contributed by atoms with Crippen LogP contribution in [0.25, 0.3) is 10.8 Å². The van der Waals surface area contributed by atoms with Gasteiger partial charge in [-0.3, -0.25) is 4.79 Å². The van der Waals surface area contributed by atoms with E-state index in [1.807, 2.05) is 67.6 Å². The predicted molar refractivity (Wildman–Crippen MR) is 128 cm³/mol. The fourth-order valence-corrected chi connectivity index (χ4v) is 3.62. The van der Waals surface area contributed by atoms with Crippen LogP contribution in [0.15, 0.2) is 91.0 Å². The molecule has 4 rings (SSSR count). The van der Waals surface area contributed by atoms with Crippen molar-refractivity contribution < 1.29 is 14.3 Å². The van der Waals surface area contributed by atoms with Gasteiger partial charge >= 0.3 is 0 Å². The third-order valence-electron chi connectivity index (χ3n) is 5.28. The molecule has 0 spiro atoms. The van der Waals surface area contributed by atoms with Crippen LogP contribution < -0.4 is 14.8 Å². The van der Waals surface area contributed by atoms with E-state index in [0.717, 1.165) is 28.9 Å². The number of hydrogen-bond donors (Lipinski definition) is 1. The first kappa shape index (κ1) is 21.4. The van der Waals surface area contributed by atoms with E-state index in [-0.39, 0.29) is 5.91 Å². The zero-order valence-corrected chi connectivity index (χ0v) is 18.2. The average molecular weight is 426 g/mol. The SMILES string of the molecule is CCOc1ccc(C(=O)NCCc2ccccc2)cc1COc1ccc2ccccc2c1. The van der Waals surface area contributed by atoms with Crippen molar-refractivity contribution in [3.8, 4) is 11.5 Å². The third kappa shape index (κ3) is 5.46. The van der Waals surface area contributed by atoms with E-state index in [0.29, 0.717) is 25.3 Å². The molecule has 0 radical (unpaired) electrons. The second-order valence-electron chi connectivity index (χ2n) is 7.54. The van der Waals surface area contributed by atoms with Crippen LogP contribution in [-0.4, -0.2) is 19.1 Å². The van der Waals surface area contributed by atoms with Gasteiger partial charge in [-0.05, 0) is 60.0 Å². The summed E-state index contributed by atoms with van der Waals surface area (Å²) < 4.78 is 11.8. The number of hydrogen-bond acceptors (Lipinski definition) is 3.